The van der Waals surface area contributed by atoms with E-state index in [1.165, 1.54) is 11.8 Å². The van der Waals surface area contributed by atoms with Gasteiger partial charge in [0, 0.05) is 22.4 Å². The lowest BCUT2D eigenvalue weighted by atomic mass is 10.3. The number of ether oxygens (including phenoxy) is 1. The number of rotatable bonds is 5. The van der Waals surface area contributed by atoms with E-state index in [-0.39, 0.29) is 6.61 Å². The molecule has 84 valence electrons. The average molecular weight is 229 g/mol. The highest BCUT2D eigenvalue weighted by Crippen LogP contribution is 2.28. The Morgan fingerprint density at radius 3 is 2.80 bits per heavy atom. The molecule has 0 aliphatic rings. The van der Waals surface area contributed by atoms with Crippen molar-refractivity contribution in [2.75, 3.05) is 25.2 Å². The van der Waals surface area contributed by atoms with Crippen LogP contribution in [0, 0.1) is 0 Å². The molecule has 0 aliphatic carbocycles. The molecule has 0 saturated heterocycles. The first-order chi connectivity index (χ1) is 7.17. The summed E-state index contributed by atoms with van der Waals surface area (Å²) < 4.78 is 5.02. The maximum Gasteiger partial charge on any atom is 0.120 e. The molecule has 0 fully saturated rings. The van der Waals surface area contributed by atoms with Gasteiger partial charge in [-0.25, -0.2) is 0 Å². The number of anilines is 1. The van der Waals surface area contributed by atoms with Gasteiger partial charge in [0.1, 0.15) is 5.75 Å². The molecule has 5 heteroatoms. The molecule has 0 amide bonds. The second kappa shape index (κ2) is 5.85. The van der Waals surface area contributed by atoms with Crippen molar-refractivity contribution in [3.05, 3.63) is 18.2 Å². The van der Waals surface area contributed by atoms with Gasteiger partial charge in [-0.3, -0.25) is 0 Å². The summed E-state index contributed by atoms with van der Waals surface area (Å²) in [7, 11) is 1.58. The maximum absolute atomic E-state index is 9.17. The third kappa shape index (κ3) is 3.62. The van der Waals surface area contributed by atoms with Crippen LogP contribution in [0.5, 0.6) is 5.75 Å². The second-order valence-electron chi connectivity index (χ2n) is 3.05. The summed E-state index contributed by atoms with van der Waals surface area (Å²) in [6.07, 6.45) is -0.712. The number of hydrogen-bond donors (Lipinski definition) is 3. The number of nitrogen functional groups attached to an aromatic ring is 1. The monoisotopic (exact) mass is 229 g/mol. The first-order valence-corrected chi connectivity index (χ1v) is 5.51. The molecular weight excluding hydrogens is 214 g/mol. The number of nitrogens with two attached hydrogens (primary N) is 1. The van der Waals surface area contributed by atoms with E-state index in [9.17, 15) is 5.11 Å². The third-order valence-corrected chi connectivity index (χ3v) is 3.09. The molecule has 4 nitrogen and oxygen atoms in total. The fourth-order valence-electron chi connectivity index (χ4n) is 1.02. The van der Waals surface area contributed by atoms with E-state index in [0.29, 0.717) is 17.2 Å². The van der Waals surface area contributed by atoms with Crippen LogP contribution in [-0.2, 0) is 0 Å². The summed E-state index contributed by atoms with van der Waals surface area (Å²) >= 11 is 1.41. The van der Waals surface area contributed by atoms with E-state index in [1.54, 1.807) is 13.2 Å². The Kier molecular flexibility index (Phi) is 4.74. The Morgan fingerprint density at radius 2 is 2.27 bits per heavy atom. The van der Waals surface area contributed by atoms with E-state index in [1.807, 2.05) is 12.1 Å². The Bertz CT molecular complexity index is 320. The van der Waals surface area contributed by atoms with Crippen molar-refractivity contribution in [2.24, 2.45) is 0 Å². The summed E-state index contributed by atoms with van der Waals surface area (Å²) in [6.45, 7) is -0.233. The highest BCUT2D eigenvalue weighted by atomic mass is 32.2. The normalized spacial score (nSPS) is 12.5. The van der Waals surface area contributed by atoms with Crippen LogP contribution >= 0.6 is 11.8 Å². The number of methoxy groups -OCH3 is 1. The first-order valence-electron chi connectivity index (χ1n) is 4.52. The van der Waals surface area contributed by atoms with E-state index >= 15 is 0 Å². The molecular formula is C10H15NO3S. The molecule has 1 atom stereocenters. The topological polar surface area (TPSA) is 75.7 Å². The molecule has 0 aliphatic heterocycles. The minimum atomic E-state index is -0.712. The highest BCUT2D eigenvalue weighted by molar-refractivity contribution is 7.99. The van der Waals surface area contributed by atoms with Crippen LogP contribution in [-0.4, -0.2) is 35.8 Å². The predicted octanol–water partition coefficient (Wildman–Crippen LogP) is 0.723. The second-order valence-corrected chi connectivity index (χ2v) is 4.11. The minimum absolute atomic E-state index is 0.233. The minimum Gasteiger partial charge on any atom is -0.497 e. The van der Waals surface area contributed by atoms with Gasteiger partial charge in [0.15, 0.2) is 0 Å². The van der Waals surface area contributed by atoms with E-state index in [0.717, 1.165) is 4.90 Å². The van der Waals surface area contributed by atoms with Crippen LogP contribution in [0.1, 0.15) is 0 Å². The van der Waals surface area contributed by atoms with Gasteiger partial charge in [-0.1, -0.05) is 0 Å². The zero-order valence-corrected chi connectivity index (χ0v) is 9.33. The van der Waals surface area contributed by atoms with E-state index in [4.69, 9.17) is 15.6 Å². The van der Waals surface area contributed by atoms with E-state index < -0.39 is 6.10 Å². The van der Waals surface area contributed by atoms with Crippen molar-refractivity contribution < 1.29 is 14.9 Å². The molecule has 1 unspecified atom stereocenters. The van der Waals surface area contributed by atoms with Crippen LogP contribution in [0.15, 0.2) is 23.1 Å². The van der Waals surface area contributed by atoms with Crippen molar-refractivity contribution >= 4 is 17.4 Å². The first kappa shape index (κ1) is 12.2. The summed E-state index contributed by atoms with van der Waals surface area (Å²) in [5.41, 5.74) is 6.39. The molecule has 4 N–H and O–H groups in total. The molecule has 0 aromatic heterocycles. The Morgan fingerprint density at radius 1 is 1.53 bits per heavy atom. The van der Waals surface area contributed by atoms with Crippen molar-refractivity contribution in [3.8, 4) is 5.75 Å². The zero-order valence-electron chi connectivity index (χ0n) is 8.51. The number of hydrogen-bond acceptors (Lipinski definition) is 5. The lowest BCUT2D eigenvalue weighted by Gasteiger charge is -2.09. The maximum atomic E-state index is 9.17. The summed E-state index contributed by atoms with van der Waals surface area (Å²) in [5, 5.41) is 17.8. The van der Waals surface area contributed by atoms with Gasteiger partial charge in [0.05, 0.1) is 19.8 Å². The van der Waals surface area contributed by atoms with Crippen LogP contribution < -0.4 is 10.5 Å². The molecule has 0 spiro atoms. The average Bonchev–Trinajstić information content (AvgIpc) is 2.26. The van der Waals surface area contributed by atoms with Crippen LogP contribution in [0.25, 0.3) is 0 Å². The Hall–Kier alpha value is -0.910. The van der Waals surface area contributed by atoms with Gasteiger partial charge in [-0.2, -0.15) is 0 Å². The number of aliphatic hydroxyl groups is 2. The van der Waals surface area contributed by atoms with Gasteiger partial charge in [0.2, 0.25) is 0 Å². The molecule has 0 radical (unpaired) electrons. The van der Waals surface area contributed by atoms with Crippen LogP contribution in [0.4, 0.5) is 5.69 Å². The largest absolute Gasteiger partial charge is 0.497 e. The van der Waals surface area contributed by atoms with E-state index in [2.05, 4.69) is 0 Å². The molecule has 0 heterocycles. The number of thioether (sulfide) groups is 1. The number of benzene rings is 1. The van der Waals surface area contributed by atoms with Crippen molar-refractivity contribution in [2.45, 2.75) is 11.0 Å². The third-order valence-electron chi connectivity index (χ3n) is 1.86. The van der Waals surface area contributed by atoms with Crippen molar-refractivity contribution in [3.63, 3.8) is 0 Å². The van der Waals surface area contributed by atoms with Gasteiger partial charge < -0.3 is 20.7 Å². The summed E-state index contributed by atoms with van der Waals surface area (Å²) in [5.74, 6) is 1.13. The SMILES string of the molecule is COc1ccc(SCC(O)CO)c(N)c1. The zero-order chi connectivity index (χ0) is 11.3. The molecule has 0 bridgehead atoms. The fraction of sp³-hybridized carbons (Fsp3) is 0.400. The van der Waals surface area contributed by atoms with Crippen LogP contribution in [0.3, 0.4) is 0 Å². The van der Waals surface area contributed by atoms with Crippen molar-refractivity contribution in [1.82, 2.24) is 0 Å². The van der Waals surface area contributed by atoms with Gasteiger partial charge >= 0.3 is 0 Å². The lowest BCUT2D eigenvalue weighted by Crippen LogP contribution is -2.14. The molecule has 0 saturated carbocycles. The lowest BCUT2D eigenvalue weighted by molar-refractivity contribution is 0.113. The van der Waals surface area contributed by atoms with Crippen molar-refractivity contribution in [1.29, 1.82) is 0 Å². The Balaban J connectivity index is 2.62. The molecule has 1 aromatic carbocycles. The summed E-state index contributed by atoms with van der Waals surface area (Å²) in [4.78, 5) is 0.878. The predicted molar refractivity (Wildman–Crippen MR) is 61.2 cm³/mol. The van der Waals surface area contributed by atoms with Crippen LogP contribution in [0.2, 0.25) is 0 Å². The van der Waals surface area contributed by atoms with Gasteiger partial charge in [0.25, 0.3) is 0 Å². The quantitative estimate of drug-likeness (QED) is 0.512. The smallest absolute Gasteiger partial charge is 0.120 e. The van der Waals surface area contributed by atoms with Gasteiger partial charge in [-0.15, -0.1) is 11.8 Å². The highest BCUT2D eigenvalue weighted by Gasteiger charge is 2.06. The Labute approximate surface area is 93.1 Å². The fourth-order valence-corrected chi connectivity index (χ4v) is 1.89. The number of aliphatic hydroxyl groups excluding tert-OH is 2. The molecule has 15 heavy (non-hydrogen) atoms. The summed E-state index contributed by atoms with van der Waals surface area (Å²) in [6, 6.07) is 5.38. The molecule has 1 aromatic rings. The molecule has 1 rings (SSSR count). The van der Waals surface area contributed by atoms with Gasteiger partial charge in [-0.05, 0) is 12.1 Å². The standard InChI is InChI=1S/C10H15NO3S/c1-14-8-2-3-10(9(11)4-8)15-6-7(13)5-12/h2-4,7,12-13H,5-6,11H2,1H3.